The van der Waals surface area contributed by atoms with Crippen LogP contribution in [0.25, 0.3) is 0 Å². The minimum Gasteiger partial charge on any atom is -0.393 e. The van der Waals surface area contributed by atoms with Crippen molar-refractivity contribution in [1.29, 1.82) is 0 Å². The molecule has 0 spiro atoms. The van der Waals surface area contributed by atoms with Gasteiger partial charge in [-0.05, 0) is 106 Å². The molecule has 0 amide bonds. The van der Waals surface area contributed by atoms with Crippen LogP contribution in [0, 0.1) is 34.5 Å². The van der Waals surface area contributed by atoms with E-state index in [0.717, 1.165) is 51.4 Å². The second-order valence-electron chi connectivity index (χ2n) is 13.1. The van der Waals surface area contributed by atoms with Crippen molar-refractivity contribution in [2.75, 3.05) is 0 Å². The van der Waals surface area contributed by atoms with E-state index in [1.165, 1.54) is 6.42 Å². The third kappa shape index (κ3) is 3.56. The zero-order valence-corrected chi connectivity index (χ0v) is 21.4. The Hall–Kier alpha value is -0.280. The normalized spacial score (nSPS) is 58.5. The Morgan fingerprint density at radius 3 is 2.35 bits per heavy atom. The lowest BCUT2D eigenvalue weighted by Crippen LogP contribution is -2.67. The molecule has 1 heterocycles. The van der Waals surface area contributed by atoms with E-state index < -0.39 is 30.7 Å². The van der Waals surface area contributed by atoms with Crippen LogP contribution in [0.2, 0.25) is 0 Å². The van der Waals surface area contributed by atoms with Gasteiger partial charge in [-0.2, -0.15) is 0 Å². The molecule has 7 nitrogen and oxygen atoms in total. The summed E-state index contributed by atoms with van der Waals surface area (Å²) < 4.78 is 11.9. The molecule has 5 fully saturated rings. The molecule has 0 radical (unpaired) electrons. The zero-order valence-electron chi connectivity index (χ0n) is 21.4. The van der Waals surface area contributed by atoms with Crippen LogP contribution in [0.4, 0.5) is 0 Å². The van der Waals surface area contributed by atoms with Gasteiger partial charge in [-0.1, -0.05) is 13.8 Å². The molecule has 196 valence electrons. The van der Waals surface area contributed by atoms with E-state index >= 15 is 0 Å². The van der Waals surface area contributed by atoms with Crippen LogP contribution >= 0.6 is 0 Å². The summed E-state index contributed by atoms with van der Waals surface area (Å²) in [5, 5.41) is 41.0. The Kier molecular flexibility index (Phi) is 6.45. The SMILES string of the molecule is C[C@@H]1O[C@@H](O[C@@H]2CC[C@]3(C)C4CC[C@]5(C)[C@@H]([C@@H](C)O)CC[C@@]5(N)C4CC[C@H]3C2)[C@H](O)[C@H](O)[C@H]1O. The fraction of sp³-hybridized carbons (Fsp3) is 1.00. The lowest BCUT2D eigenvalue weighted by molar-refractivity contribution is -0.309. The van der Waals surface area contributed by atoms with Crippen LogP contribution in [0.3, 0.4) is 0 Å². The van der Waals surface area contributed by atoms with Crippen LogP contribution in [0.1, 0.15) is 85.5 Å². The average molecular weight is 482 g/mol. The van der Waals surface area contributed by atoms with E-state index in [1.54, 1.807) is 6.92 Å². The summed E-state index contributed by atoms with van der Waals surface area (Å²) in [5.41, 5.74) is 7.40. The molecule has 7 heteroatoms. The van der Waals surface area contributed by atoms with E-state index in [0.29, 0.717) is 23.7 Å². The van der Waals surface area contributed by atoms with Gasteiger partial charge in [0.05, 0.1) is 18.3 Å². The van der Waals surface area contributed by atoms with Gasteiger partial charge in [0.1, 0.15) is 18.3 Å². The summed E-state index contributed by atoms with van der Waals surface area (Å²) >= 11 is 0. The van der Waals surface area contributed by atoms with Crippen molar-refractivity contribution in [1.82, 2.24) is 0 Å². The van der Waals surface area contributed by atoms with Crippen LogP contribution in [0.5, 0.6) is 0 Å². The highest BCUT2D eigenvalue weighted by Crippen LogP contribution is 2.68. The second-order valence-corrected chi connectivity index (χ2v) is 13.1. The fourth-order valence-electron chi connectivity index (χ4n) is 9.54. The topological polar surface area (TPSA) is 125 Å². The molecule has 6 N–H and O–H groups in total. The summed E-state index contributed by atoms with van der Waals surface area (Å²) in [6, 6.07) is 0. The molecule has 0 aromatic heterocycles. The highest BCUT2D eigenvalue weighted by Gasteiger charge is 2.66. The molecule has 0 bridgehead atoms. The van der Waals surface area contributed by atoms with Crippen molar-refractivity contribution in [2.45, 2.75) is 134 Å². The summed E-state index contributed by atoms with van der Waals surface area (Å²) in [7, 11) is 0. The average Bonchev–Trinajstić information content (AvgIpc) is 3.07. The molecule has 2 unspecified atom stereocenters. The number of fused-ring (bicyclic) bond motifs is 5. The lowest BCUT2D eigenvalue weighted by Gasteiger charge is -2.64. The van der Waals surface area contributed by atoms with E-state index in [4.69, 9.17) is 15.2 Å². The van der Waals surface area contributed by atoms with E-state index in [-0.39, 0.29) is 28.6 Å². The summed E-state index contributed by atoms with van der Waals surface area (Å²) in [5.74, 6) is 1.95. The maximum absolute atomic E-state index is 10.5. The van der Waals surface area contributed by atoms with Crippen molar-refractivity contribution < 1.29 is 29.9 Å². The van der Waals surface area contributed by atoms with E-state index in [1.807, 2.05) is 6.92 Å². The molecule has 14 atom stereocenters. The molecular weight excluding hydrogens is 434 g/mol. The molecule has 0 aromatic rings. The van der Waals surface area contributed by atoms with Gasteiger partial charge in [-0.15, -0.1) is 0 Å². The van der Waals surface area contributed by atoms with Crippen molar-refractivity contribution in [3.05, 3.63) is 0 Å². The first-order valence-electron chi connectivity index (χ1n) is 13.7. The predicted octanol–water partition coefficient (Wildman–Crippen LogP) is 2.32. The minimum absolute atomic E-state index is 0.0163. The third-order valence-electron chi connectivity index (χ3n) is 11.7. The highest BCUT2D eigenvalue weighted by molar-refractivity contribution is 5.19. The molecule has 1 saturated heterocycles. The molecule has 0 aromatic carbocycles. The van der Waals surface area contributed by atoms with Crippen LogP contribution in [-0.2, 0) is 9.47 Å². The van der Waals surface area contributed by atoms with Gasteiger partial charge in [0, 0.05) is 5.54 Å². The summed E-state index contributed by atoms with van der Waals surface area (Å²) in [4.78, 5) is 0. The monoisotopic (exact) mass is 481 g/mol. The molecule has 4 saturated carbocycles. The first kappa shape index (κ1) is 25.4. The number of hydrogen-bond donors (Lipinski definition) is 5. The maximum Gasteiger partial charge on any atom is 0.186 e. The van der Waals surface area contributed by atoms with Crippen molar-refractivity contribution in [2.24, 2.45) is 40.2 Å². The first-order chi connectivity index (χ1) is 15.9. The van der Waals surface area contributed by atoms with Crippen LogP contribution in [0.15, 0.2) is 0 Å². The fourth-order valence-corrected chi connectivity index (χ4v) is 9.54. The van der Waals surface area contributed by atoms with E-state index in [2.05, 4.69) is 13.8 Å². The van der Waals surface area contributed by atoms with Crippen LogP contribution < -0.4 is 5.73 Å². The lowest BCUT2D eigenvalue weighted by atomic mass is 9.42. The molecular formula is C27H47NO6. The predicted molar refractivity (Wildman–Crippen MR) is 128 cm³/mol. The summed E-state index contributed by atoms with van der Waals surface area (Å²) in [6.07, 6.45) is 4.12. The Morgan fingerprint density at radius 2 is 1.65 bits per heavy atom. The Balaban J connectivity index is 1.29. The number of ether oxygens (including phenoxy) is 2. The largest absolute Gasteiger partial charge is 0.393 e. The molecule has 1 aliphatic heterocycles. The molecule has 34 heavy (non-hydrogen) atoms. The number of nitrogens with two attached hydrogens (primary N) is 1. The maximum atomic E-state index is 10.5. The Morgan fingerprint density at radius 1 is 0.912 bits per heavy atom. The van der Waals surface area contributed by atoms with Gasteiger partial charge in [0.25, 0.3) is 0 Å². The van der Waals surface area contributed by atoms with Crippen molar-refractivity contribution in [3.63, 3.8) is 0 Å². The quantitative estimate of drug-likeness (QED) is 0.392. The number of aliphatic hydroxyl groups is 4. The van der Waals surface area contributed by atoms with Gasteiger partial charge < -0.3 is 35.6 Å². The van der Waals surface area contributed by atoms with Crippen LogP contribution in [-0.4, -0.2) is 68.9 Å². The highest BCUT2D eigenvalue weighted by atomic mass is 16.7. The van der Waals surface area contributed by atoms with Crippen molar-refractivity contribution in [3.8, 4) is 0 Å². The minimum atomic E-state index is -1.26. The Bertz CT molecular complexity index is 765. The molecule has 4 aliphatic carbocycles. The smallest absolute Gasteiger partial charge is 0.186 e. The van der Waals surface area contributed by atoms with Crippen molar-refractivity contribution >= 4 is 0 Å². The standard InChI is InChI=1S/C27H47NO6/c1-14(29)18-9-12-27(28)20-6-5-16-13-17(34-24-23(32)22(31)21(30)15(2)33-24)7-10-25(16,3)19(20)8-11-26(18,27)4/h14-24,29-32H,5-13,28H2,1-4H3/t14-,15+,16+,17-,18-,19?,20?,21+,22-,23-,24+,25+,26-,27-/m1/s1. The van der Waals surface area contributed by atoms with Gasteiger partial charge in [0.2, 0.25) is 0 Å². The van der Waals surface area contributed by atoms with Gasteiger partial charge >= 0.3 is 0 Å². The second kappa shape index (κ2) is 8.64. The molecule has 5 rings (SSSR count). The molecule has 5 aliphatic rings. The summed E-state index contributed by atoms with van der Waals surface area (Å²) in [6.45, 7) is 8.47. The Labute approximate surface area is 204 Å². The van der Waals surface area contributed by atoms with Gasteiger partial charge in [0.15, 0.2) is 6.29 Å². The van der Waals surface area contributed by atoms with Gasteiger partial charge in [-0.25, -0.2) is 0 Å². The number of rotatable bonds is 3. The van der Waals surface area contributed by atoms with Gasteiger partial charge in [-0.3, -0.25) is 0 Å². The first-order valence-corrected chi connectivity index (χ1v) is 13.7. The number of aliphatic hydroxyl groups excluding tert-OH is 4. The van der Waals surface area contributed by atoms with E-state index in [9.17, 15) is 20.4 Å². The number of hydrogen-bond acceptors (Lipinski definition) is 7. The third-order valence-corrected chi connectivity index (χ3v) is 11.7. The zero-order chi connectivity index (χ0) is 24.6.